The van der Waals surface area contributed by atoms with E-state index in [1.807, 2.05) is 24.1 Å². The van der Waals surface area contributed by atoms with E-state index in [2.05, 4.69) is 33.0 Å². The minimum atomic E-state index is -0.167. The topological polar surface area (TPSA) is 15.3 Å². The van der Waals surface area contributed by atoms with E-state index in [0.29, 0.717) is 11.7 Å². The van der Waals surface area contributed by atoms with Crippen molar-refractivity contribution in [1.29, 1.82) is 0 Å². The summed E-state index contributed by atoms with van der Waals surface area (Å²) < 4.78 is 14.0. The van der Waals surface area contributed by atoms with Gasteiger partial charge in [0, 0.05) is 24.8 Å². The maximum absolute atomic E-state index is 14.0. The smallest absolute Gasteiger partial charge is 0.148 e. The van der Waals surface area contributed by atoms with Crippen molar-refractivity contribution in [2.45, 2.75) is 52.6 Å². The molecule has 102 valence electrons. The normalized spacial score (nSPS) is 12.6. The predicted octanol–water partition coefficient (Wildman–Crippen LogP) is 4.27. The van der Waals surface area contributed by atoms with Gasteiger partial charge in [-0.25, -0.2) is 4.39 Å². The van der Waals surface area contributed by atoms with Crippen LogP contribution in [0.25, 0.3) is 0 Å². The van der Waals surface area contributed by atoms with Gasteiger partial charge in [0.1, 0.15) is 5.82 Å². The van der Waals surface area contributed by atoms with E-state index < -0.39 is 0 Å². The highest BCUT2D eigenvalue weighted by atomic mass is 19.1. The average Bonchev–Trinajstić information content (AvgIpc) is 2.28. The van der Waals surface area contributed by atoms with Crippen LogP contribution in [0.5, 0.6) is 0 Å². The van der Waals surface area contributed by atoms with E-state index in [-0.39, 0.29) is 11.9 Å². The molecule has 0 aromatic heterocycles. The van der Waals surface area contributed by atoms with Crippen LogP contribution in [0.1, 0.15) is 40.5 Å². The highest BCUT2D eigenvalue weighted by molar-refractivity contribution is 5.56. The van der Waals surface area contributed by atoms with Gasteiger partial charge in [0.2, 0.25) is 0 Å². The Morgan fingerprint density at radius 3 is 2.44 bits per heavy atom. The van der Waals surface area contributed by atoms with Crippen molar-refractivity contribution >= 4 is 11.4 Å². The molecule has 0 saturated carbocycles. The minimum Gasteiger partial charge on any atom is -0.383 e. The van der Waals surface area contributed by atoms with Crippen molar-refractivity contribution in [3.05, 3.63) is 24.0 Å². The van der Waals surface area contributed by atoms with Crippen molar-refractivity contribution in [2.75, 3.05) is 17.3 Å². The van der Waals surface area contributed by atoms with Crippen molar-refractivity contribution in [3.63, 3.8) is 0 Å². The predicted molar refractivity (Wildman–Crippen MR) is 77.9 cm³/mol. The molecule has 0 spiro atoms. The summed E-state index contributed by atoms with van der Waals surface area (Å²) in [7, 11) is 1.91. The van der Waals surface area contributed by atoms with Crippen LogP contribution in [-0.2, 0) is 0 Å². The van der Waals surface area contributed by atoms with E-state index in [1.165, 1.54) is 0 Å². The summed E-state index contributed by atoms with van der Waals surface area (Å²) in [6, 6.07) is 6.04. The van der Waals surface area contributed by atoms with Gasteiger partial charge >= 0.3 is 0 Å². The second kappa shape index (κ2) is 6.62. The third-order valence-electron chi connectivity index (χ3n) is 3.24. The maximum atomic E-state index is 14.0. The molecule has 0 bridgehead atoms. The van der Waals surface area contributed by atoms with E-state index >= 15 is 0 Å². The van der Waals surface area contributed by atoms with Gasteiger partial charge < -0.3 is 10.2 Å². The van der Waals surface area contributed by atoms with Gasteiger partial charge in [0.15, 0.2) is 0 Å². The molecular weight excluding hydrogens is 227 g/mol. The number of anilines is 2. The van der Waals surface area contributed by atoms with Crippen LogP contribution in [0.4, 0.5) is 15.8 Å². The largest absolute Gasteiger partial charge is 0.383 e. The first kappa shape index (κ1) is 14.8. The quantitative estimate of drug-likeness (QED) is 0.813. The Labute approximate surface area is 110 Å². The summed E-state index contributed by atoms with van der Waals surface area (Å²) in [6.07, 6.45) is 2.22. The number of halogens is 1. The molecule has 0 heterocycles. The summed E-state index contributed by atoms with van der Waals surface area (Å²) in [5.41, 5.74) is 1.51. The van der Waals surface area contributed by atoms with Gasteiger partial charge in [-0.3, -0.25) is 0 Å². The number of nitrogens with one attached hydrogen (secondary N) is 1. The number of rotatable bonds is 6. The lowest BCUT2D eigenvalue weighted by molar-refractivity contribution is 0.613. The summed E-state index contributed by atoms with van der Waals surface area (Å²) in [5, 5.41) is 3.32. The molecule has 0 fully saturated rings. The molecule has 1 aromatic rings. The zero-order valence-electron chi connectivity index (χ0n) is 12.1. The SMILES string of the molecule is CCCC(C)Nc1ccc(N(C)C(C)C)c(F)c1. The molecule has 1 unspecified atom stereocenters. The molecule has 1 N–H and O–H groups in total. The lowest BCUT2D eigenvalue weighted by Crippen LogP contribution is -2.26. The van der Waals surface area contributed by atoms with Crippen molar-refractivity contribution in [3.8, 4) is 0 Å². The first-order valence-electron chi connectivity index (χ1n) is 6.74. The standard InChI is InChI=1S/C15H25FN2/c1-6-7-12(4)17-13-8-9-15(14(16)10-13)18(5)11(2)3/h8-12,17H,6-7H2,1-5H3. The van der Waals surface area contributed by atoms with Crippen LogP contribution in [0.3, 0.4) is 0 Å². The molecule has 0 aliphatic carbocycles. The lowest BCUT2D eigenvalue weighted by Gasteiger charge is -2.25. The fraction of sp³-hybridized carbons (Fsp3) is 0.600. The zero-order chi connectivity index (χ0) is 13.7. The van der Waals surface area contributed by atoms with Crippen molar-refractivity contribution in [1.82, 2.24) is 0 Å². The molecule has 0 radical (unpaired) electrons. The Morgan fingerprint density at radius 2 is 1.94 bits per heavy atom. The van der Waals surface area contributed by atoms with Crippen LogP contribution in [0.2, 0.25) is 0 Å². The Kier molecular flexibility index (Phi) is 5.45. The van der Waals surface area contributed by atoms with Gasteiger partial charge in [0.05, 0.1) is 5.69 Å². The highest BCUT2D eigenvalue weighted by Crippen LogP contribution is 2.24. The van der Waals surface area contributed by atoms with Crippen molar-refractivity contribution in [2.24, 2.45) is 0 Å². The number of nitrogens with zero attached hydrogens (tertiary/aromatic N) is 1. The van der Waals surface area contributed by atoms with E-state index in [9.17, 15) is 4.39 Å². The van der Waals surface area contributed by atoms with Gasteiger partial charge in [-0.1, -0.05) is 13.3 Å². The third-order valence-corrected chi connectivity index (χ3v) is 3.24. The first-order valence-corrected chi connectivity index (χ1v) is 6.74. The first-order chi connectivity index (χ1) is 8.45. The molecule has 1 rings (SSSR count). The summed E-state index contributed by atoms with van der Waals surface area (Å²) >= 11 is 0. The van der Waals surface area contributed by atoms with Crippen LogP contribution >= 0.6 is 0 Å². The molecule has 1 aromatic carbocycles. The average molecular weight is 252 g/mol. The number of benzene rings is 1. The minimum absolute atomic E-state index is 0.167. The maximum Gasteiger partial charge on any atom is 0.148 e. The molecule has 0 amide bonds. The summed E-state index contributed by atoms with van der Waals surface area (Å²) in [6.45, 7) is 8.37. The summed E-state index contributed by atoms with van der Waals surface area (Å²) in [4.78, 5) is 1.94. The van der Waals surface area contributed by atoms with E-state index in [1.54, 1.807) is 6.07 Å². The number of hydrogen-bond acceptors (Lipinski definition) is 2. The Morgan fingerprint density at radius 1 is 1.28 bits per heavy atom. The lowest BCUT2D eigenvalue weighted by atomic mass is 10.1. The van der Waals surface area contributed by atoms with Gasteiger partial charge in [-0.15, -0.1) is 0 Å². The van der Waals surface area contributed by atoms with Gasteiger partial charge in [-0.05, 0) is 45.4 Å². The van der Waals surface area contributed by atoms with Gasteiger partial charge in [-0.2, -0.15) is 0 Å². The van der Waals surface area contributed by atoms with Crippen molar-refractivity contribution < 1.29 is 4.39 Å². The Hall–Kier alpha value is -1.25. The van der Waals surface area contributed by atoms with E-state index in [4.69, 9.17) is 0 Å². The van der Waals surface area contributed by atoms with Crippen LogP contribution < -0.4 is 10.2 Å². The van der Waals surface area contributed by atoms with Gasteiger partial charge in [0.25, 0.3) is 0 Å². The Bertz CT molecular complexity index is 377. The Balaban J connectivity index is 2.79. The molecular formula is C15H25FN2. The molecule has 0 aliphatic rings. The third kappa shape index (κ3) is 3.90. The van der Waals surface area contributed by atoms with Crippen LogP contribution in [-0.4, -0.2) is 19.1 Å². The monoisotopic (exact) mass is 252 g/mol. The van der Waals surface area contributed by atoms with Crippen LogP contribution in [0.15, 0.2) is 18.2 Å². The highest BCUT2D eigenvalue weighted by Gasteiger charge is 2.11. The molecule has 3 heteroatoms. The molecule has 2 nitrogen and oxygen atoms in total. The molecule has 0 saturated heterocycles. The zero-order valence-corrected chi connectivity index (χ0v) is 12.1. The van der Waals surface area contributed by atoms with E-state index in [0.717, 1.165) is 18.5 Å². The molecule has 1 atom stereocenters. The van der Waals surface area contributed by atoms with Crippen LogP contribution in [0, 0.1) is 5.82 Å². The fourth-order valence-electron chi connectivity index (χ4n) is 1.95. The molecule has 0 aliphatic heterocycles. The number of hydrogen-bond donors (Lipinski definition) is 1. The summed E-state index contributed by atoms with van der Waals surface area (Å²) in [5.74, 6) is -0.167. The second-order valence-corrected chi connectivity index (χ2v) is 5.20. The molecule has 18 heavy (non-hydrogen) atoms. The fourth-order valence-corrected chi connectivity index (χ4v) is 1.95. The second-order valence-electron chi connectivity index (χ2n) is 5.20.